The van der Waals surface area contributed by atoms with Gasteiger partial charge in [0.15, 0.2) is 10.6 Å². The highest BCUT2D eigenvalue weighted by molar-refractivity contribution is 7.71. The number of hydrogen-bond acceptors (Lipinski definition) is 5. The van der Waals surface area contributed by atoms with Crippen LogP contribution in [0.1, 0.15) is 29.5 Å². The van der Waals surface area contributed by atoms with Crippen molar-refractivity contribution in [2.24, 2.45) is 0 Å². The maximum Gasteiger partial charge on any atom is 0.199 e. The fraction of sp³-hybridized carbons (Fsp3) is 0.421. The highest BCUT2D eigenvalue weighted by atomic mass is 32.1. The van der Waals surface area contributed by atoms with E-state index in [-0.39, 0.29) is 0 Å². The smallest absolute Gasteiger partial charge is 0.199 e. The lowest BCUT2D eigenvalue weighted by Crippen LogP contribution is -2.23. The van der Waals surface area contributed by atoms with Gasteiger partial charge in [0.2, 0.25) is 0 Å². The highest BCUT2D eigenvalue weighted by Crippen LogP contribution is 2.20. The van der Waals surface area contributed by atoms with Crippen molar-refractivity contribution < 1.29 is 4.52 Å². The van der Waals surface area contributed by atoms with Gasteiger partial charge in [-0.25, -0.2) is 4.68 Å². The van der Waals surface area contributed by atoms with E-state index in [1.54, 1.807) is 0 Å². The molecule has 0 N–H and O–H groups in total. The van der Waals surface area contributed by atoms with Crippen molar-refractivity contribution in [1.29, 1.82) is 0 Å². The molecule has 0 saturated heterocycles. The van der Waals surface area contributed by atoms with E-state index in [4.69, 9.17) is 21.8 Å². The average Bonchev–Trinajstić information content (AvgIpc) is 3.09. The molecule has 0 atom stereocenters. The molecule has 6 nitrogen and oxygen atoms in total. The van der Waals surface area contributed by atoms with Crippen LogP contribution in [0.2, 0.25) is 0 Å². The van der Waals surface area contributed by atoms with E-state index in [9.17, 15) is 0 Å². The topological polar surface area (TPSA) is 52.0 Å². The largest absolute Gasteiger partial charge is 0.361 e. The molecule has 0 amide bonds. The SMILES string of the molecule is CCn1c(-c2cccc(C)c2)nn(CN(C)Cc2c(C)noc2C)c1=S. The summed E-state index contributed by atoms with van der Waals surface area (Å²) in [7, 11) is 2.05. The quantitative estimate of drug-likeness (QED) is 0.611. The second-order valence-electron chi connectivity index (χ2n) is 6.68. The van der Waals surface area contributed by atoms with Crippen molar-refractivity contribution in [2.45, 2.75) is 47.5 Å². The summed E-state index contributed by atoms with van der Waals surface area (Å²) in [6.45, 7) is 10.2. The molecule has 7 heteroatoms. The fourth-order valence-electron chi connectivity index (χ4n) is 3.09. The number of hydrogen-bond donors (Lipinski definition) is 0. The van der Waals surface area contributed by atoms with Crippen LogP contribution in [0.25, 0.3) is 11.4 Å². The second-order valence-corrected chi connectivity index (χ2v) is 7.04. The summed E-state index contributed by atoms with van der Waals surface area (Å²) in [5, 5.41) is 8.83. The second kappa shape index (κ2) is 7.55. The Bertz CT molecular complexity index is 949. The summed E-state index contributed by atoms with van der Waals surface area (Å²) in [5.74, 6) is 1.77. The molecule has 0 unspecified atom stereocenters. The van der Waals surface area contributed by atoms with Gasteiger partial charge in [-0.1, -0.05) is 28.9 Å². The Balaban J connectivity index is 1.88. The van der Waals surface area contributed by atoms with Gasteiger partial charge in [-0.05, 0) is 53.0 Å². The van der Waals surface area contributed by atoms with Gasteiger partial charge in [-0.15, -0.1) is 0 Å². The zero-order valence-electron chi connectivity index (χ0n) is 16.0. The van der Waals surface area contributed by atoms with Gasteiger partial charge in [-0.3, -0.25) is 4.90 Å². The Hall–Kier alpha value is -2.25. The molecule has 0 aliphatic carbocycles. The molecule has 0 aliphatic heterocycles. The van der Waals surface area contributed by atoms with Gasteiger partial charge in [0.25, 0.3) is 0 Å². The van der Waals surface area contributed by atoms with Gasteiger partial charge >= 0.3 is 0 Å². The molecular formula is C19H25N5OS. The van der Waals surface area contributed by atoms with E-state index < -0.39 is 0 Å². The molecule has 2 aromatic heterocycles. The summed E-state index contributed by atoms with van der Waals surface area (Å²) in [6, 6.07) is 8.36. The molecule has 3 aromatic rings. The molecule has 0 saturated carbocycles. The summed E-state index contributed by atoms with van der Waals surface area (Å²) in [4.78, 5) is 2.16. The van der Waals surface area contributed by atoms with Crippen LogP contribution in [0.3, 0.4) is 0 Å². The average molecular weight is 372 g/mol. The van der Waals surface area contributed by atoms with Crippen molar-refractivity contribution in [2.75, 3.05) is 7.05 Å². The number of rotatable bonds is 6. The Morgan fingerprint density at radius 3 is 2.62 bits per heavy atom. The third kappa shape index (κ3) is 3.64. The molecule has 0 aliphatic rings. The summed E-state index contributed by atoms with van der Waals surface area (Å²) >= 11 is 5.67. The maximum absolute atomic E-state index is 5.67. The van der Waals surface area contributed by atoms with E-state index in [0.717, 1.165) is 46.3 Å². The first-order chi connectivity index (χ1) is 12.4. The van der Waals surface area contributed by atoms with Gasteiger partial charge in [0.05, 0.1) is 12.4 Å². The molecule has 0 radical (unpaired) electrons. The van der Waals surface area contributed by atoms with Gasteiger partial charge < -0.3 is 9.09 Å². The molecular weight excluding hydrogens is 346 g/mol. The summed E-state index contributed by atoms with van der Waals surface area (Å²) in [6.07, 6.45) is 0. The van der Waals surface area contributed by atoms with E-state index in [0.29, 0.717) is 6.67 Å². The Kier molecular flexibility index (Phi) is 5.38. The van der Waals surface area contributed by atoms with Crippen molar-refractivity contribution >= 4 is 12.2 Å². The lowest BCUT2D eigenvalue weighted by molar-refractivity contribution is 0.242. The lowest BCUT2D eigenvalue weighted by Gasteiger charge is -2.16. The van der Waals surface area contributed by atoms with Crippen LogP contribution in [0.5, 0.6) is 0 Å². The summed E-state index contributed by atoms with van der Waals surface area (Å²) in [5.41, 5.74) is 4.34. The van der Waals surface area contributed by atoms with E-state index >= 15 is 0 Å². The van der Waals surface area contributed by atoms with Crippen LogP contribution in [-0.4, -0.2) is 31.5 Å². The molecule has 0 fully saturated rings. The Morgan fingerprint density at radius 1 is 1.23 bits per heavy atom. The molecule has 1 aromatic carbocycles. The van der Waals surface area contributed by atoms with Crippen LogP contribution in [0.4, 0.5) is 0 Å². The van der Waals surface area contributed by atoms with Crippen molar-refractivity contribution in [3.8, 4) is 11.4 Å². The molecule has 3 rings (SSSR count). The predicted octanol–water partition coefficient (Wildman–Crippen LogP) is 4.10. The standard InChI is InChI=1S/C19H25N5OS/c1-6-23-18(16-9-7-8-13(2)10-16)20-24(19(23)26)12-22(5)11-17-14(3)21-25-15(17)4/h7-10H,6,11-12H2,1-5H3. The molecule has 0 spiro atoms. The predicted molar refractivity (Wildman–Crippen MR) is 104 cm³/mol. The highest BCUT2D eigenvalue weighted by Gasteiger charge is 2.15. The van der Waals surface area contributed by atoms with Crippen molar-refractivity contribution in [3.63, 3.8) is 0 Å². The van der Waals surface area contributed by atoms with Crippen LogP contribution in [0.15, 0.2) is 28.8 Å². The number of nitrogens with zero attached hydrogens (tertiary/aromatic N) is 5. The molecule has 138 valence electrons. The van der Waals surface area contributed by atoms with Crippen LogP contribution in [0, 0.1) is 25.5 Å². The van der Waals surface area contributed by atoms with Gasteiger partial charge in [0, 0.05) is 24.2 Å². The van der Waals surface area contributed by atoms with Crippen LogP contribution < -0.4 is 0 Å². The normalized spacial score (nSPS) is 11.5. The molecule has 0 bridgehead atoms. The Labute approximate surface area is 159 Å². The molecule has 26 heavy (non-hydrogen) atoms. The third-order valence-electron chi connectivity index (χ3n) is 4.50. The minimum Gasteiger partial charge on any atom is -0.361 e. The first kappa shape index (κ1) is 18.5. The number of aryl methyl sites for hydroxylation is 3. The minimum absolute atomic E-state index is 0.606. The molecule has 2 heterocycles. The first-order valence-electron chi connectivity index (χ1n) is 8.75. The number of aromatic nitrogens is 4. The zero-order valence-corrected chi connectivity index (χ0v) is 16.8. The third-order valence-corrected chi connectivity index (χ3v) is 4.93. The monoisotopic (exact) mass is 371 g/mol. The van der Waals surface area contributed by atoms with E-state index in [1.807, 2.05) is 25.6 Å². The van der Waals surface area contributed by atoms with Crippen molar-refractivity contribution in [1.82, 2.24) is 24.4 Å². The summed E-state index contributed by atoms with van der Waals surface area (Å²) < 4.78 is 9.95. The van der Waals surface area contributed by atoms with Crippen LogP contribution >= 0.6 is 12.2 Å². The van der Waals surface area contributed by atoms with E-state index in [2.05, 4.69) is 52.7 Å². The maximum atomic E-state index is 5.67. The minimum atomic E-state index is 0.606. The Morgan fingerprint density at radius 2 is 2.00 bits per heavy atom. The van der Waals surface area contributed by atoms with Crippen molar-refractivity contribution in [3.05, 3.63) is 51.6 Å². The van der Waals surface area contributed by atoms with Gasteiger partial charge in [-0.2, -0.15) is 5.10 Å². The lowest BCUT2D eigenvalue weighted by atomic mass is 10.1. The van der Waals surface area contributed by atoms with E-state index in [1.165, 1.54) is 5.56 Å². The van der Waals surface area contributed by atoms with Crippen LogP contribution in [-0.2, 0) is 19.8 Å². The first-order valence-corrected chi connectivity index (χ1v) is 9.16. The number of benzene rings is 1. The zero-order chi connectivity index (χ0) is 18.8. The fourth-order valence-corrected chi connectivity index (χ4v) is 3.41. The van der Waals surface area contributed by atoms with Gasteiger partial charge in [0.1, 0.15) is 5.76 Å².